The lowest BCUT2D eigenvalue weighted by Gasteiger charge is -2.28. The lowest BCUT2D eigenvalue weighted by Crippen LogP contribution is -2.26. The van der Waals surface area contributed by atoms with Crippen LogP contribution in [0.3, 0.4) is 0 Å². The summed E-state index contributed by atoms with van der Waals surface area (Å²) in [5.74, 6) is 1.45. The van der Waals surface area contributed by atoms with Crippen molar-refractivity contribution in [1.82, 2.24) is 0 Å². The Labute approximate surface area is 171 Å². The number of carbonyl (C=O) groups is 2. The van der Waals surface area contributed by atoms with Gasteiger partial charge in [0.15, 0.2) is 0 Å². The summed E-state index contributed by atoms with van der Waals surface area (Å²) in [5, 5.41) is 3.59. The quantitative estimate of drug-likeness (QED) is 0.674. The average Bonchev–Trinajstić information content (AvgIpc) is 2.66. The van der Waals surface area contributed by atoms with Crippen LogP contribution in [-0.4, -0.2) is 17.8 Å². The van der Waals surface area contributed by atoms with E-state index in [1.807, 2.05) is 36.4 Å². The number of carbonyl (C=O) groups excluding carboxylic acids is 2. The SMILES string of the molecule is CC(=O)Cc1ccc(OC2CCC(CC(=O)Nc3ccc(Cl)cc3)CC2)cc1. The molecule has 1 fully saturated rings. The number of anilines is 1. The minimum Gasteiger partial charge on any atom is -0.490 e. The molecule has 1 aliphatic carbocycles. The van der Waals surface area contributed by atoms with Crippen LogP contribution in [0.5, 0.6) is 5.75 Å². The van der Waals surface area contributed by atoms with Gasteiger partial charge in [-0.1, -0.05) is 23.7 Å². The van der Waals surface area contributed by atoms with E-state index in [4.69, 9.17) is 16.3 Å². The van der Waals surface area contributed by atoms with Gasteiger partial charge in [-0.25, -0.2) is 0 Å². The molecule has 0 unspecified atom stereocenters. The molecular formula is C23H26ClNO3. The van der Waals surface area contributed by atoms with Crippen molar-refractivity contribution in [3.8, 4) is 5.75 Å². The molecule has 28 heavy (non-hydrogen) atoms. The van der Waals surface area contributed by atoms with Gasteiger partial charge < -0.3 is 10.1 Å². The van der Waals surface area contributed by atoms with Crippen LogP contribution in [0.15, 0.2) is 48.5 Å². The number of hydrogen-bond acceptors (Lipinski definition) is 3. The zero-order valence-corrected chi connectivity index (χ0v) is 16.9. The normalized spacial score (nSPS) is 19.1. The first kappa shape index (κ1) is 20.4. The minimum atomic E-state index is 0.0488. The Morgan fingerprint density at radius 2 is 1.64 bits per heavy atom. The first-order valence-corrected chi connectivity index (χ1v) is 10.2. The van der Waals surface area contributed by atoms with E-state index in [1.54, 1.807) is 19.1 Å². The van der Waals surface area contributed by atoms with Crippen molar-refractivity contribution in [2.45, 2.75) is 51.6 Å². The molecule has 0 aromatic heterocycles. The molecule has 3 rings (SSSR count). The third-order valence-corrected chi connectivity index (χ3v) is 5.33. The summed E-state index contributed by atoms with van der Waals surface area (Å²) in [6, 6.07) is 14.9. The van der Waals surface area contributed by atoms with Gasteiger partial charge in [0, 0.05) is 23.6 Å². The van der Waals surface area contributed by atoms with Gasteiger partial charge in [0.25, 0.3) is 0 Å². The molecule has 4 nitrogen and oxygen atoms in total. The summed E-state index contributed by atoms with van der Waals surface area (Å²) in [7, 11) is 0. The van der Waals surface area contributed by atoms with Gasteiger partial charge in [-0.05, 0) is 80.5 Å². The summed E-state index contributed by atoms with van der Waals surface area (Å²) >= 11 is 5.86. The van der Waals surface area contributed by atoms with Crippen molar-refractivity contribution in [3.63, 3.8) is 0 Å². The molecule has 0 radical (unpaired) electrons. The molecule has 1 saturated carbocycles. The van der Waals surface area contributed by atoms with Crippen molar-refractivity contribution in [2.24, 2.45) is 5.92 Å². The van der Waals surface area contributed by atoms with Crippen molar-refractivity contribution in [1.29, 1.82) is 0 Å². The zero-order valence-electron chi connectivity index (χ0n) is 16.1. The van der Waals surface area contributed by atoms with Gasteiger partial charge in [-0.3, -0.25) is 9.59 Å². The highest BCUT2D eigenvalue weighted by molar-refractivity contribution is 6.30. The zero-order chi connectivity index (χ0) is 19.9. The fraction of sp³-hybridized carbons (Fsp3) is 0.391. The lowest BCUT2D eigenvalue weighted by atomic mass is 9.85. The molecule has 0 saturated heterocycles. The predicted octanol–water partition coefficient (Wildman–Crippen LogP) is 5.44. The Morgan fingerprint density at radius 1 is 1.00 bits per heavy atom. The predicted molar refractivity (Wildman–Crippen MR) is 112 cm³/mol. The molecular weight excluding hydrogens is 374 g/mol. The van der Waals surface area contributed by atoms with Crippen LogP contribution in [0.4, 0.5) is 5.69 Å². The number of ether oxygens (including phenoxy) is 1. The second-order valence-electron chi connectivity index (χ2n) is 7.54. The van der Waals surface area contributed by atoms with E-state index in [1.165, 1.54) is 0 Å². The first-order valence-electron chi connectivity index (χ1n) is 9.78. The largest absolute Gasteiger partial charge is 0.490 e. The molecule has 2 aromatic carbocycles. The molecule has 1 amide bonds. The van der Waals surface area contributed by atoms with Crippen molar-refractivity contribution >= 4 is 29.0 Å². The molecule has 2 aromatic rings. The number of benzene rings is 2. The lowest BCUT2D eigenvalue weighted by molar-refractivity contribution is -0.117. The van der Waals surface area contributed by atoms with Crippen LogP contribution in [-0.2, 0) is 16.0 Å². The fourth-order valence-corrected chi connectivity index (χ4v) is 3.75. The van der Waals surface area contributed by atoms with E-state index >= 15 is 0 Å². The topological polar surface area (TPSA) is 55.4 Å². The first-order chi connectivity index (χ1) is 13.5. The molecule has 0 heterocycles. The molecule has 148 valence electrons. The van der Waals surface area contributed by atoms with Gasteiger partial charge in [-0.2, -0.15) is 0 Å². The number of halogens is 1. The highest BCUT2D eigenvalue weighted by Crippen LogP contribution is 2.30. The van der Waals surface area contributed by atoms with Crippen molar-refractivity contribution in [2.75, 3.05) is 5.32 Å². The number of rotatable bonds is 7. The summed E-state index contributed by atoms with van der Waals surface area (Å²) in [4.78, 5) is 23.4. The van der Waals surface area contributed by atoms with Crippen LogP contribution in [0.1, 0.15) is 44.6 Å². The maximum atomic E-state index is 12.2. The van der Waals surface area contributed by atoms with Crippen LogP contribution >= 0.6 is 11.6 Å². The second-order valence-corrected chi connectivity index (χ2v) is 7.98. The van der Waals surface area contributed by atoms with E-state index in [0.717, 1.165) is 42.7 Å². The van der Waals surface area contributed by atoms with Crippen molar-refractivity contribution < 1.29 is 14.3 Å². The molecule has 1 aliphatic rings. The van der Waals surface area contributed by atoms with E-state index < -0.39 is 0 Å². The Morgan fingerprint density at radius 3 is 2.25 bits per heavy atom. The minimum absolute atomic E-state index is 0.0488. The summed E-state index contributed by atoms with van der Waals surface area (Å²) in [6.07, 6.45) is 5.07. The Hall–Kier alpha value is -2.33. The van der Waals surface area contributed by atoms with Gasteiger partial charge in [-0.15, -0.1) is 0 Å². The number of hydrogen-bond donors (Lipinski definition) is 1. The summed E-state index contributed by atoms with van der Waals surface area (Å²) < 4.78 is 6.08. The number of amides is 1. The molecule has 0 aliphatic heterocycles. The van der Waals surface area contributed by atoms with Crippen LogP contribution in [0.25, 0.3) is 0 Å². The Kier molecular flexibility index (Phi) is 7.10. The maximum Gasteiger partial charge on any atom is 0.224 e. The summed E-state index contributed by atoms with van der Waals surface area (Å²) in [5.41, 5.74) is 1.79. The molecule has 0 spiro atoms. The standard InChI is InChI=1S/C23H26ClNO3/c1-16(26)14-17-2-10-21(11-3-17)28-22-12-4-18(5-13-22)15-23(27)25-20-8-6-19(24)7-9-20/h2-3,6-11,18,22H,4-5,12-15H2,1H3,(H,25,27). The van der Waals surface area contributed by atoms with Crippen LogP contribution < -0.4 is 10.1 Å². The molecule has 5 heteroatoms. The van der Waals surface area contributed by atoms with E-state index in [0.29, 0.717) is 23.8 Å². The smallest absolute Gasteiger partial charge is 0.224 e. The second kappa shape index (κ2) is 9.74. The van der Waals surface area contributed by atoms with Crippen LogP contribution in [0.2, 0.25) is 5.02 Å². The Balaban J connectivity index is 1.41. The Bertz CT molecular complexity index is 794. The van der Waals surface area contributed by atoms with E-state index in [-0.39, 0.29) is 17.8 Å². The molecule has 0 bridgehead atoms. The molecule has 0 atom stereocenters. The average molecular weight is 400 g/mol. The highest BCUT2D eigenvalue weighted by atomic mass is 35.5. The highest BCUT2D eigenvalue weighted by Gasteiger charge is 2.24. The number of Topliss-reactive ketones (excluding diaryl/α,β-unsaturated/α-hetero) is 1. The number of nitrogens with one attached hydrogen (secondary N) is 1. The third-order valence-electron chi connectivity index (χ3n) is 5.08. The monoisotopic (exact) mass is 399 g/mol. The summed E-state index contributed by atoms with van der Waals surface area (Å²) in [6.45, 7) is 1.60. The van der Waals surface area contributed by atoms with Gasteiger partial charge in [0.1, 0.15) is 11.5 Å². The van der Waals surface area contributed by atoms with E-state index in [2.05, 4.69) is 5.32 Å². The van der Waals surface area contributed by atoms with Crippen LogP contribution in [0, 0.1) is 5.92 Å². The maximum absolute atomic E-state index is 12.2. The van der Waals surface area contributed by atoms with Crippen molar-refractivity contribution in [3.05, 3.63) is 59.1 Å². The third kappa shape index (κ3) is 6.38. The number of ketones is 1. The van der Waals surface area contributed by atoms with Gasteiger partial charge in [0.05, 0.1) is 6.10 Å². The fourth-order valence-electron chi connectivity index (χ4n) is 3.63. The van der Waals surface area contributed by atoms with E-state index in [9.17, 15) is 9.59 Å². The van der Waals surface area contributed by atoms with Gasteiger partial charge in [0.2, 0.25) is 5.91 Å². The molecule has 1 N–H and O–H groups in total. The van der Waals surface area contributed by atoms with Gasteiger partial charge >= 0.3 is 0 Å².